The fourth-order valence-electron chi connectivity index (χ4n) is 0.864. The van der Waals surface area contributed by atoms with Crippen molar-refractivity contribution in [1.82, 2.24) is 0 Å². The van der Waals surface area contributed by atoms with Crippen LogP contribution in [-0.2, 0) is 0 Å². The number of aliphatic hydroxyl groups is 1. The molecule has 0 saturated heterocycles. The Balaban J connectivity index is 2.88. The van der Waals surface area contributed by atoms with Gasteiger partial charge < -0.3 is 5.11 Å². The normalized spacial score (nSPS) is 10.8. The van der Waals surface area contributed by atoms with E-state index in [1.165, 1.54) is 0 Å². The Labute approximate surface area is 71.4 Å². The molecule has 1 aromatic carbocycles. The van der Waals surface area contributed by atoms with Gasteiger partial charge in [0, 0.05) is 0 Å². The van der Waals surface area contributed by atoms with Gasteiger partial charge in [0.25, 0.3) is 0 Å². The Morgan fingerprint density at radius 2 is 2.08 bits per heavy atom. The third kappa shape index (κ3) is 2.22. The Bertz CT molecular complexity index is 308. The van der Waals surface area contributed by atoms with Crippen LogP contribution in [0.25, 0.3) is 6.08 Å². The van der Waals surface area contributed by atoms with E-state index in [4.69, 9.17) is 10.4 Å². The zero-order valence-corrected chi connectivity index (χ0v) is 6.57. The molecule has 0 aliphatic rings. The lowest BCUT2D eigenvalue weighted by Gasteiger charge is -1.92. The van der Waals surface area contributed by atoms with Crippen LogP contribution in [0.5, 0.6) is 0 Å². The molecule has 0 radical (unpaired) electrons. The lowest BCUT2D eigenvalue weighted by Crippen LogP contribution is -1.85. The lowest BCUT2D eigenvalue weighted by atomic mass is 10.1. The largest absolute Gasteiger partial charge is 0.391 e. The van der Waals surface area contributed by atoms with Crippen LogP contribution in [0.1, 0.15) is 5.56 Å². The molecule has 1 aromatic rings. The van der Waals surface area contributed by atoms with Gasteiger partial charge in [-0.2, -0.15) is 5.26 Å². The van der Waals surface area contributed by atoms with E-state index in [-0.39, 0.29) is 6.61 Å². The highest BCUT2D eigenvalue weighted by Gasteiger charge is 1.91. The maximum atomic E-state index is 8.70. The second-order valence-corrected chi connectivity index (χ2v) is 2.35. The molecule has 0 heterocycles. The molecule has 1 rings (SSSR count). The van der Waals surface area contributed by atoms with Gasteiger partial charge in [0.1, 0.15) is 0 Å². The van der Waals surface area contributed by atoms with Crippen LogP contribution in [0, 0.1) is 11.3 Å². The topological polar surface area (TPSA) is 44.0 Å². The number of hydrogen-bond donors (Lipinski definition) is 1. The molecule has 60 valence electrons. The molecule has 0 aliphatic heterocycles. The fraction of sp³-hybridized carbons (Fsp3) is 0.100. The first kappa shape index (κ1) is 8.51. The molecule has 0 unspecified atom stereocenters. The molecule has 0 fully saturated rings. The van der Waals surface area contributed by atoms with Crippen molar-refractivity contribution in [2.75, 3.05) is 6.61 Å². The summed E-state index contributed by atoms with van der Waals surface area (Å²) in [4.78, 5) is 0. The van der Waals surface area contributed by atoms with E-state index in [9.17, 15) is 0 Å². The number of hydrogen-bond acceptors (Lipinski definition) is 2. The molecule has 1 N–H and O–H groups in total. The van der Waals surface area contributed by atoms with Gasteiger partial charge in [-0.25, -0.2) is 0 Å². The predicted molar refractivity (Wildman–Crippen MR) is 47.1 cm³/mol. The summed E-state index contributed by atoms with van der Waals surface area (Å²) in [6.07, 6.45) is 1.67. The quantitative estimate of drug-likeness (QED) is 0.666. The van der Waals surface area contributed by atoms with Gasteiger partial charge in [-0.1, -0.05) is 30.3 Å². The molecule has 0 aromatic heterocycles. The summed E-state index contributed by atoms with van der Waals surface area (Å²) in [5.41, 5.74) is 1.31. The summed E-state index contributed by atoms with van der Waals surface area (Å²) in [6, 6.07) is 11.4. The Morgan fingerprint density at radius 1 is 1.42 bits per heavy atom. The molecule has 12 heavy (non-hydrogen) atoms. The Kier molecular flexibility index (Phi) is 3.06. The van der Waals surface area contributed by atoms with Crippen LogP contribution in [0.4, 0.5) is 0 Å². The van der Waals surface area contributed by atoms with Crippen LogP contribution in [0.2, 0.25) is 0 Å². The molecule has 0 spiro atoms. The van der Waals surface area contributed by atoms with Crippen molar-refractivity contribution in [2.45, 2.75) is 0 Å². The van der Waals surface area contributed by atoms with Crippen molar-refractivity contribution in [2.24, 2.45) is 0 Å². The van der Waals surface area contributed by atoms with Crippen LogP contribution in [0.15, 0.2) is 35.9 Å². The highest BCUT2D eigenvalue weighted by molar-refractivity contribution is 5.56. The van der Waals surface area contributed by atoms with E-state index in [0.29, 0.717) is 5.57 Å². The summed E-state index contributed by atoms with van der Waals surface area (Å²) >= 11 is 0. The molecule has 2 heteroatoms. The third-order valence-electron chi connectivity index (χ3n) is 1.45. The summed E-state index contributed by atoms with van der Waals surface area (Å²) in [5.74, 6) is 0. The van der Waals surface area contributed by atoms with Gasteiger partial charge in [-0.05, 0) is 11.6 Å². The Hall–Kier alpha value is -1.59. The SMILES string of the molecule is N#C/C(=C\c1ccccc1)CO. The second kappa shape index (κ2) is 4.32. The van der Waals surface area contributed by atoms with Gasteiger partial charge in [0.2, 0.25) is 0 Å². The van der Waals surface area contributed by atoms with E-state index in [0.717, 1.165) is 5.56 Å². The second-order valence-electron chi connectivity index (χ2n) is 2.35. The predicted octanol–water partition coefficient (Wildman–Crippen LogP) is 1.59. The van der Waals surface area contributed by atoms with Gasteiger partial charge in [0.15, 0.2) is 0 Å². The summed E-state index contributed by atoms with van der Waals surface area (Å²) in [5, 5.41) is 17.2. The number of aliphatic hydroxyl groups excluding tert-OH is 1. The molecular weight excluding hydrogens is 150 g/mol. The van der Waals surface area contributed by atoms with E-state index < -0.39 is 0 Å². The molecule has 0 bridgehead atoms. The van der Waals surface area contributed by atoms with Crippen LogP contribution in [0.3, 0.4) is 0 Å². The number of benzene rings is 1. The standard InChI is InChI=1S/C10H9NO/c11-7-10(8-12)6-9-4-2-1-3-5-9/h1-6,12H,8H2/b10-6+. The zero-order chi connectivity index (χ0) is 8.81. The smallest absolute Gasteiger partial charge is 0.0971 e. The monoisotopic (exact) mass is 159 g/mol. The van der Waals surface area contributed by atoms with Crippen molar-refractivity contribution in [3.8, 4) is 6.07 Å². The molecule has 0 saturated carbocycles. The molecular formula is C10H9NO. The Morgan fingerprint density at radius 3 is 2.58 bits per heavy atom. The zero-order valence-electron chi connectivity index (χ0n) is 6.57. The van der Waals surface area contributed by atoms with Crippen molar-refractivity contribution < 1.29 is 5.11 Å². The van der Waals surface area contributed by atoms with E-state index in [1.807, 2.05) is 36.4 Å². The summed E-state index contributed by atoms with van der Waals surface area (Å²) in [7, 11) is 0. The third-order valence-corrected chi connectivity index (χ3v) is 1.45. The van der Waals surface area contributed by atoms with Crippen molar-refractivity contribution >= 4 is 6.08 Å². The van der Waals surface area contributed by atoms with E-state index in [2.05, 4.69) is 0 Å². The van der Waals surface area contributed by atoms with Crippen LogP contribution < -0.4 is 0 Å². The number of nitriles is 1. The molecule has 0 amide bonds. The fourth-order valence-corrected chi connectivity index (χ4v) is 0.864. The van der Waals surface area contributed by atoms with Gasteiger partial charge in [0.05, 0.1) is 18.2 Å². The minimum atomic E-state index is -0.203. The van der Waals surface area contributed by atoms with Gasteiger partial charge in [-0.3, -0.25) is 0 Å². The number of nitrogens with zero attached hydrogens (tertiary/aromatic N) is 1. The molecule has 2 nitrogen and oxygen atoms in total. The first-order valence-corrected chi connectivity index (χ1v) is 3.63. The van der Waals surface area contributed by atoms with E-state index >= 15 is 0 Å². The maximum Gasteiger partial charge on any atom is 0.0971 e. The highest BCUT2D eigenvalue weighted by atomic mass is 16.3. The first-order valence-electron chi connectivity index (χ1n) is 3.63. The summed E-state index contributed by atoms with van der Waals surface area (Å²) < 4.78 is 0. The minimum absolute atomic E-state index is 0.203. The van der Waals surface area contributed by atoms with E-state index in [1.54, 1.807) is 6.08 Å². The van der Waals surface area contributed by atoms with Crippen LogP contribution in [-0.4, -0.2) is 11.7 Å². The van der Waals surface area contributed by atoms with Gasteiger partial charge >= 0.3 is 0 Å². The minimum Gasteiger partial charge on any atom is -0.391 e. The maximum absolute atomic E-state index is 8.70. The first-order chi connectivity index (χ1) is 5.86. The average molecular weight is 159 g/mol. The average Bonchev–Trinajstić information content (AvgIpc) is 2.16. The highest BCUT2D eigenvalue weighted by Crippen LogP contribution is 2.04. The summed E-state index contributed by atoms with van der Waals surface area (Å²) in [6.45, 7) is -0.203. The van der Waals surface area contributed by atoms with Crippen LogP contribution >= 0.6 is 0 Å². The molecule has 0 atom stereocenters. The van der Waals surface area contributed by atoms with Gasteiger partial charge in [-0.15, -0.1) is 0 Å². The number of rotatable bonds is 2. The van der Waals surface area contributed by atoms with Crippen molar-refractivity contribution in [3.05, 3.63) is 41.5 Å². The lowest BCUT2D eigenvalue weighted by molar-refractivity contribution is 0.337. The molecule has 0 aliphatic carbocycles. The van der Waals surface area contributed by atoms with Crippen molar-refractivity contribution in [1.29, 1.82) is 5.26 Å². The van der Waals surface area contributed by atoms with Crippen molar-refractivity contribution in [3.63, 3.8) is 0 Å².